The molecule has 0 nitrogen and oxygen atoms in total. The molecule has 2 aromatic carbocycles. The summed E-state index contributed by atoms with van der Waals surface area (Å²) in [6, 6.07) is 3.83. The van der Waals surface area contributed by atoms with Gasteiger partial charge in [-0.2, -0.15) is 13.2 Å². The highest BCUT2D eigenvalue weighted by Crippen LogP contribution is 2.29. The molecule has 0 saturated carbocycles. The normalized spacial score (nSPS) is 12.2. The molecule has 0 unspecified atom stereocenters. The minimum Gasteiger partial charge on any atom is -0.203 e. The number of allylic oxidation sites excluding steroid dienone is 1. The van der Waals surface area contributed by atoms with Gasteiger partial charge in [-0.25, -0.2) is 22.0 Å². The maximum Gasteiger partial charge on any atom is 0.416 e. The third-order valence-electron chi connectivity index (χ3n) is 3.17. The number of hydrogen-bond acceptors (Lipinski definition) is 0. The molecule has 0 spiro atoms. The highest BCUT2D eigenvalue weighted by Gasteiger charge is 2.29. The van der Waals surface area contributed by atoms with Crippen LogP contribution in [0.2, 0.25) is 0 Å². The summed E-state index contributed by atoms with van der Waals surface area (Å²) in [5.74, 6) is -10.2. The van der Waals surface area contributed by atoms with Gasteiger partial charge >= 0.3 is 6.18 Å². The second-order valence-corrected chi connectivity index (χ2v) is 4.77. The van der Waals surface area contributed by atoms with Gasteiger partial charge < -0.3 is 0 Å². The molecule has 0 aliphatic rings. The number of rotatable bonds is 3. The SMILES string of the molecule is Fc1c(F)c(F)c(C/C=C/c2ccc(C(F)(F)F)cc2)c(F)c1F. The van der Waals surface area contributed by atoms with E-state index in [1.165, 1.54) is 6.08 Å². The van der Waals surface area contributed by atoms with E-state index in [9.17, 15) is 35.1 Å². The van der Waals surface area contributed by atoms with Gasteiger partial charge in [0.1, 0.15) is 0 Å². The van der Waals surface area contributed by atoms with Crippen molar-refractivity contribution >= 4 is 6.08 Å². The predicted octanol–water partition coefficient (Wildman–Crippen LogP) is 5.66. The van der Waals surface area contributed by atoms with Crippen molar-refractivity contribution in [1.29, 1.82) is 0 Å². The molecule has 0 saturated heterocycles. The first-order valence-corrected chi connectivity index (χ1v) is 6.47. The summed E-state index contributed by atoms with van der Waals surface area (Å²) in [5, 5.41) is 0. The van der Waals surface area contributed by atoms with E-state index in [0.717, 1.165) is 30.3 Å². The lowest BCUT2D eigenvalue weighted by atomic mass is 10.1. The summed E-state index contributed by atoms with van der Waals surface area (Å²) in [6.45, 7) is 0. The van der Waals surface area contributed by atoms with Gasteiger partial charge in [-0.3, -0.25) is 0 Å². The lowest BCUT2D eigenvalue weighted by molar-refractivity contribution is -0.137. The Morgan fingerprint density at radius 2 is 1.17 bits per heavy atom. The second-order valence-electron chi connectivity index (χ2n) is 4.77. The van der Waals surface area contributed by atoms with Crippen molar-refractivity contribution < 1.29 is 35.1 Å². The molecule has 128 valence electrons. The van der Waals surface area contributed by atoms with Gasteiger partial charge in [0.2, 0.25) is 5.82 Å². The minimum absolute atomic E-state index is 0.270. The molecular formula is C16H8F8. The van der Waals surface area contributed by atoms with Crippen molar-refractivity contribution in [2.24, 2.45) is 0 Å². The van der Waals surface area contributed by atoms with Crippen LogP contribution in [0, 0.1) is 29.1 Å². The van der Waals surface area contributed by atoms with Crippen LogP contribution in [0.4, 0.5) is 35.1 Å². The Morgan fingerprint density at radius 3 is 1.62 bits per heavy atom. The Hall–Kier alpha value is -2.38. The summed E-state index contributed by atoms with van der Waals surface area (Å²) < 4.78 is 103. The van der Waals surface area contributed by atoms with E-state index < -0.39 is 52.8 Å². The van der Waals surface area contributed by atoms with E-state index in [1.807, 2.05) is 0 Å². The Balaban J connectivity index is 2.21. The number of alkyl halides is 3. The van der Waals surface area contributed by atoms with Gasteiger partial charge in [-0.05, 0) is 24.1 Å². The Kier molecular flexibility index (Phi) is 4.96. The third-order valence-corrected chi connectivity index (χ3v) is 3.17. The first-order valence-electron chi connectivity index (χ1n) is 6.47. The summed E-state index contributed by atoms with van der Waals surface area (Å²) in [4.78, 5) is 0. The van der Waals surface area contributed by atoms with E-state index in [1.54, 1.807) is 0 Å². The first kappa shape index (κ1) is 18.0. The highest BCUT2D eigenvalue weighted by molar-refractivity contribution is 5.50. The van der Waals surface area contributed by atoms with Crippen molar-refractivity contribution in [3.63, 3.8) is 0 Å². The Morgan fingerprint density at radius 1 is 0.708 bits per heavy atom. The van der Waals surface area contributed by atoms with Crippen LogP contribution < -0.4 is 0 Å². The molecule has 2 rings (SSSR count). The van der Waals surface area contributed by atoms with E-state index >= 15 is 0 Å². The molecule has 0 aliphatic carbocycles. The van der Waals surface area contributed by atoms with Crippen LogP contribution in [0.3, 0.4) is 0 Å². The minimum atomic E-state index is -4.50. The molecule has 0 fully saturated rings. The van der Waals surface area contributed by atoms with Gasteiger partial charge in [-0.15, -0.1) is 0 Å². The summed E-state index contributed by atoms with van der Waals surface area (Å²) >= 11 is 0. The fraction of sp³-hybridized carbons (Fsp3) is 0.125. The Bertz CT molecular complexity index is 743. The quantitative estimate of drug-likeness (QED) is 0.380. The largest absolute Gasteiger partial charge is 0.416 e. The standard InChI is InChI=1S/C16H8F8/c17-11-10(12(18)14(20)15(21)13(11)19)3-1-2-8-4-6-9(7-5-8)16(22,23)24/h1-2,4-7H,3H2/b2-1+. The average molecular weight is 352 g/mol. The van der Waals surface area contributed by atoms with Gasteiger partial charge in [-0.1, -0.05) is 24.3 Å². The summed E-state index contributed by atoms with van der Waals surface area (Å²) in [6.07, 6.45) is -2.83. The molecule has 0 heterocycles. The van der Waals surface area contributed by atoms with Gasteiger partial charge in [0, 0.05) is 5.56 Å². The molecule has 0 bridgehead atoms. The maximum atomic E-state index is 13.4. The third kappa shape index (κ3) is 3.58. The van der Waals surface area contributed by atoms with Crippen molar-refractivity contribution in [1.82, 2.24) is 0 Å². The lowest BCUT2D eigenvalue weighted by Crippen LogP contribution is -2.06. The maximum absolute atomic E-state index is 13.4. The summed E-state index contributed by atoms with van der Waals surface area (Å²) in [5.41, 5.74) is -1.62. The zero-order valence-electron chi connectivity index (χ0n) is 11.7. The molecule has 0 aromatic heterocycles. The van der Waals surface area contributed by atoms with Gasteiger partial charge in [0.15, 0.2) is 23.3 Å². The van der Waals surface area contributed by atoms with Crippen LogP contribution in [0.5, 0.6) is 0 Å². The molecular weight excluding hydrogens is 344 g/mol. The van der Waals surface area contributed by atoms with Crippen molar-refractivity contribution in [2.75, 3.05) is 0 Å². The van der Waals surface area contributed by atoms with E-state index in [-0.39, 0.29) is 5.56 Å². The predicted molar refractivity (Wildman–Crippen MR) is 70.4 cm³/mol. The van der Waals surface area contributed by atoms with E-state index in [4.69, 9.17) is 0 Å². The number of halogens is 8. The molecule has 0 aliphatic heterocycles. The van der Waals surface area contributed by atoms with Crippen molar-refractivity contribution in [3.8, 4) is 0 Å². The van der Waals surface area contributed by atoms with E-state index in [2.05, 4.69) is 0 Å². The fourth-order valence-corrected chi connectivity index (χ4v) is 1.93. The van der Waals surface area contributed by atoms with E-state index in [0.29, 0.717) is 0 Å². The molecule has 0 radical (unpaired) electrons. The van der Waals surface area contributed by atoms with Crippen LogP contribution in [-0.4, -0.2) is 0 Å². The second kappa shape index (κ2) is 6.62. The number of hydrogen-bond donors (Lipinski definition) is 0. The van der Waals surface area contributed by atoms with Crippen molar-refractivity contribution in [2.45, 2.75) is 12.6 Å². The smallest absolute Gasteiger partial charge is 0.203 e. The van der Waals surface area contributed by atoms with Gasteiger partial charge in [0.05, 0.1) is 5.56 Å². The zero-order chi connectivity index (χ0) is 18.1. The topological polar surface area (TPSA) is 0 Å². The van der Waals surface area contributed by atoms with Crippen LogP contribution >= 0.6 is 0 Å². The molecule has 0 atom stereocenters. The van der Waals surface area contributed by atoms with Crippen LogP contribution in [0.15, 0.2) is 30.3 Å². The monoisotopic (exact) mass is 352 g/mol. The zero-order valence-corrected chi connectivity index (χ0v) is 11.7. The summed E-state index contributed by atoms with van der Waals surface area (Å²) in [7, 11) is 0. The number of benzene rings is 2. The average Bonchev–Trinajstić information content (AvgIpc) is 2.54. The fourth-order valence-electron chi connectivity index (χ4n) is 1.93. The van der Waals surface area contributed by atoms with Crippen LogP contribution in [0.25, 0.3) is 6.08 Å². The molecule has 2 aromatic rings. The van der Waals surface area contributed by atoms with Crippen molar-refractivity contribution in [3.05, 3.63) is 76.1 Å². The molecule has 8 heteroatoms. The molecule has 24 heavy (non-hydrogen) atoms. The van der Waals surface area contributed by atoms with Crippen LogP contribution in [-0.2, 0) is 12.6 Å². The lowest BCUT2D eigenvalue weighted by Gasteiger charge is -2.07. The highest BCUT2D eigenvalue weighted by atomic mass is 19.4. The first-order chi connectivity index (χ1) is 11.1. The molecule has 0 amide bonds. The van der Waals surface area contributed by atoms with Gasteiger partial charge in [0.25, 0.3) is 0 Å². The Labute approximate surface area is 131 Å². The molecule has 0 N–H and O–H groups in total. The van der Waals surface area contributed by atoms with Crippen LogP contribution in [0.1, 0.15) is 16.7 Å².